The van der Waals surface area contributed by atoms with Crippen LogP contribution in [0.1, 0.15) is 29.6 Å². The lowest BCUT2D eigenvalue weighted by atomic mass is 9.84. The molecule has 33 heavy (non-hydrogen) atoms. The van der Waals surface area contributed by atoms with Gasteiger partial charge in [0.15, 0.2) is 0 Å². The third-order valence-electron chi connectivity index (χ3n) is 5.66. The van der Waals surface area contributed by atoms with Crippen molar-refractivity contribution in [3.8, 4) is 5.75 Å². The third-order valence-corrected chi connectivity index (χ3v) is 7.27. The van der Waals surface area contributed by atoms with Gasteiger partial charge in [0.1, 0.15) is 17.4 Å². The van der Waals surface area contributed by atoms with E-state index < -0.39 is 70.2 Å². The van der Waals surface area contributed by atoms with Crippen LogP contribution in [0, 0.1) is 9.49 Å². The van der Waals surface area contributed by atoms with Crippen LogP contribution < -0.4 is 4.74 Å². The van der Waals surface area contributed by atoms with Crippen LogP contribution in [0.2, 0.25) is 0 Å². The van der Waals surface area contributed by atoms with Crippen LogP contribution in [0.4, 0.5) is 17.6 Å². The van der Waals surface area contributed by atoms with Gasteiger partial charge in [-0.1, -0.05) is 0 Å². The summed E-state index contributed by atoms with van der Waals surface area (Å²) in [4.78, 5) is 24.7. The molecule has 4 atom stereocenters. The molecule has 3 heterocycles. The molecule has 182 valence electrons. The van der Waals surface area contributed by atoms with Crippen molar-refractivity contribution in [2.45, 2.75) is 48.4 Å². The van der Waals surface area contributed by atoms with Gasteiger partial charge in [-0.05, 0) is 47.2 Å². The van der Waals surface area contributed by atoms with Gasteiger partial charge in [-0.3, -0.25) is 9.35 Å². The van der Waals surface area contributed by atoms with Gasteiger partial charge in [-0.15, -0.1) is 0 Å². The van der Waals surface area contributed by atoms with Crippen molar-refractivity contribution in [1.82, 2.24) is 0 Å². The summed E-state index contributed by atoms with van der Waals surface area (Å²) < 4.78 is 105. The zero-order valence-electron chi connectivity index (χ0n) is 16.3. The molecule has 2 bridgehead atoms. The predicted molar refractivity (Wildman–Crippen MR) is 106 cm³/mol. The van der Waals surface area contributed by atoms with Gasteiger partial charge in [0.25, 0.3) is 5.79 Å². The van der Waals surface area contributed by atoms with E-state index in [1.165, 1.54) is 0 Å². The van der Waals surface area contributed by atoms with Crippen LogP contribution >= 0.6 is 22.6 Å². The lowest BCUT2D eigenvalue weighted by Crippen LogP contribution is -2.53. The standard InChI is InChI=1S/C18H15F4IO9S/c19-17(20,18(21,22)33(26,27)28)3-4-29-14(24)10-6-13-16(7-12(10)30-13)31-11-5-8(23)1-2-9(11)15(25)32-16/h1-2,5,10,12-13H,3-4,6-7H2,(H,26,27,28). The summed E-state index contributed by atoms with van der Waals surface area (Å²) in [6.45, 7) is -1.23. The Labute approximate surface area is 197 Å². The smallest absolute Gasteiger partial charge is 0.431 e. The Morgan fingerprint density at radius 1 is 1.27 bits per heavy atom. The maximum atomic E-state index is 13.5. The zero-order valence-corrected chi connectivity index (χ0v) is 19.3. The molecule has 4 unspecified atom stereocenters. The molecular formula is C18H15F4IO9S. The van der Waals surface area contributed by atoms with Gasteiger partial charge in [-0.2, -0.15) is 26.0 Å². The molecule has 3 aliphatic rings. The van der Waals surface area contributed by atoms with Crippen molar-refractivity contribution < 1.29 is 59.1 Å². The second-order valence-electron chi connectivity index (χ2n) is 7.77. The van der Waals surface area contributed by atoms with Crippen molar-refractivity contribution in [1.29, 1.82) is 0 Å². The molecule has 2 fully saturated rings. The minimum absolute atomic E-state index is 0.0480. The number of hydrogen-bond donors (Lipinski definition) is 1. The van der Waals surface area contributed by atoms with E-state index in [2.05, 4.69) is 4.74 Å². The number of ether oxygens (including phenoxy) is 4. The summed E-state index contributed by atoms with van der Waals surface area (Å²) >= 11 is 2.03. The first-order valence-electron chi connectivity index (χ1n) is 9.43. The largest absolute Gasteiger partial charge is 0.465 e. The molecule has 1 aromatic carbocycles. The summed E-state index contributed by atoms with van der Waals surface area (Å²) in [5, 5.41) is -5.75. The molecular weight excluding hydrogens is 595 g/mol. The van der Waals surface area contributed by atoms with Gasteiger partial charge >= 0.3 is 33.2 Å². The van der Waals surface area contributed by atoms with Crippen LogP contribution in [0.15, 0.2) is 18.2 Å². The second-order valence-corrected chi connectivity index (χ2v) is 10.5. The van der Waals surface area contributed by atoms with E-state index in [9.17, 15) is 35.6 Å². The Hall–Kier alpha value is -1.72. The average Bonchev–Trinajstić information content (AvgIpc) is 3.24. The Morgan fingerprint density at radius 3 is 2.58 bits per heavy atom. The van der Waals surface area contributed by atoms with E-state index in [4.69, 9.17) is 18.8 Å². The number of hydrogen-bond acceptors (Lipinski definition) is 8. The topological polar surface area (TPSA) is 125 Å². The van der Waals surface area contributed by atoms with E-state index >= 15 is 0 Å². The molecule has 2 saturated heterocycles. The molecule has 0 saturated carbocycles. The number of halogens is 5. The van der Waals surface area contributed by atoms with Crippen LogP contribution in [-0.2, 0) is 29.1 Å². The summed E-state index contributed by atoms with van der Waals surface area (Å²) in [6.07, 6.45) is -3.65. The van der Waals surface area contributed by atoms with Crippen molar-refractivity contribution in [3.63, 3.8) is 0 Å². The predicted octanol–water partition coefficient (Wildman–Crippen LogP) is 2.76. The molecule has 4 rings (SSSR count). The maximum absolute atomic E-state index is 13.5. The molecule has 15 heteroatoms. The van der Waals surface area contributed by atoms with Gasteiger partial charge < -0.3 is 18.9 Å². The molecule has 3 aliphatic heterocycles. The highest BCUT2D eigenvalue weighted by Gasteiger charge is 2.66. The van der Waals surface area contributed by atoms with Crippen molar-refractivity contribution in [3.05, 3.63) is 27.3 Å². The number of rotatable bonds is 6. The Balaban J connectivity index is 1.37. The van der Waals surface area contributed by atoms with Gasteiger partial charge in [0.2, 0.25) is 0 Å². The fraction of sp³-hybridized carbons (Fsp3) is 0.556. The minimum atomic E-state index is -6.38. The molecule has 0 aromatic heterocycles. The summed E-state index contributed by atoms with van der Waals surface area (Å²) in [6, 6.07) is 4.88. The molecule has 1 aromatic rings. The van der Waals surface area contributed by atoms with E-state index in [0.717, 1.165) is 3.57 Å². The van der Waals surface area contributed by atoms with E-state index in [0.29, 0.717) is 0 Å². The number of carbonyl (C=O) groups is 2. The SMILES string of the molecule is O=C1OC2(CC3OC2CC3C(=O)OCCC(F)(F)C(F)(F)S(=O)(=O)O)Oc2cc(I)ccc21. The molecule has 0 aliphatic carbocycles. The van der Waals surface area contributed by atoms with Gasteiger partial charge in [0.05, 0.1) is 31.5 Å². The molecule has 0 amide bonds. The lowest BCUT2D eigenvalue weighted by Gasteiger charge is -2.39. The van der Waals surface area contributed by atoms with Gasteiger partial charge in [-0.25, -0.2) is 4.79 Å². The first-order valence-corrected chi connectivity index (χ1v) is 12.0. The monoisotopic (exact) mass is 610 g/mol. The highest BCUT2D eigenvalue weighted by Crippen LogP contribution is 2.51. The van der Waals surface area contributed by atoms with Crippen LogP contribution in [0.5, 0.6) is 5.75 Å². The minimum Gasteiger partial charge on any atom is -0.465 e. The summed E-state index contributed by atoms with van der Waals surface area (Å²) in [7, 11) is -6.38. The Kier molecular flexibility index (Phi) is 5.85. The lowest BCUT2D eigenvalue weighted by molar-refractivity contribution is -0.187. The second kappa shape index (κ2) is 7.91. The first-order chi connectivity index (χ1) is 15.2. The summed E-state index contributed by atoms with van der Waals surface area (Å²) in [5.74, 6) is -8.98. The van der Waals surface area contributed by atoms with Crippen LogP contribution in [0.25, 0.3) is 0 Å². The Bertz CT molecular complexity index is 1110. The molecule has 1 spiro atoms. The molecule has 9 nitrogen and oxygen atoms in total. The Morgan fingerprint density at radius 2 is 1.97 bits per heavy atom. The third kappa shape index (κ3) is 4.05. The highest BCUT2D eigenvalue weighted by molar-refractivity contribution is 14.1. The average molecular weight is 610 g/mol. The quantitative estimate of drug-likeness (QED) is 0.224. The summed E-state index contributed by atoms with van der Waals surface area (Å²) in [5.41, 5.74) is 0.224. The van der Waals surface area contributed by atoms with Gasteiger partial charge in [0, 0.05) is 3.57 Å². The van der Waals surface area contributed by atoms with E-state index in [1.807, 2.05) is 22.6 Å². The fourth-order valence-corrected chi connectivity index (χ4v) is 4.92. The molecule has 1 N–H and O–H groups in total. The zero-order chi connectivity index (χ0) is 24.4. The number of fused-ring (bicyclic) bond motifs is 4. The highest BCUT2D eigenvalue weighted by atomic mass is 127. The number of esters is 2. The number of benzene rings is 1. The molecule has 0 radical (unpaired) electrons. The van der Waals surface area contributed by atoms with Crippen LogP contribution in [0.3, 0.4) is 0 Å². The van der Waals surface area contributed by atoms with E-state index in [-0.39, 0.29) is 24.2 Å². The van der Waals surface area contributed by atoms with E-state index in [1.54, 1.807) is 18.2 Å². The van der Waals surface area contributed by atoms with Crippen molar-refractivity contribution >= 4 is 44.6 Å². The number of carbonyl (C=O) groups excluding carboxylic acids is 2. The van der Waals surface area contributed by atoms with Crippen molar-refractivity contribution in [2.75, 3.05) is 6.61 Å². The first kappa shape index (κ1) is 24.4. The maximum Gasteiger partial charge on any atom is 0.431 e. The number of alkyl halides is 4. The van der Waals surface area contributed by atoms with Crippen LogP contribution in [-0.4, -0.2) is 60.7 Å². The fourth-order valence-electron chi connectivity index (χ4n) is 3.98. The normalized spacial score (nSPS) is 28.9. The van der Waals surface area contributed by atoms with Crippen molar-refractivity contribution in [2.24, 2.45) is 5.92 Å².